The van der Waals surface area contributed by atoms with Gasteiger partial charge < -0.3 is 4.74 Å². The summed E-state index contributed by atoms with van der Waals surface area (Å²) in [6.07, 6.45) is 1.39. The summed E-state index contributed by atoms with van der Waals surface area (Å²) in [5.74, 6) is -1.07. The van der Waals surface area contributed by atoms with Crippen LogP contribution in [-0.2, 0) is 16.2 Å². The molecule has 0 saturated carbocycles. The van der Waals surface area contributed by atoms with Gasteiger partial charge in [0.1, 0.15) is 17.9 Å². The largest absolute Gasteiger partial charge is 0.487 e. The Morgan fingerprint density at radius 1 is 0.919 bits per heavy atom. The number of nitrogens with one attached hydrogen (secondary N) is 1. The number of anilines is 1. The first kappa shape index (κ1) is 24.6. The number of aryl methyl sites for hydroxylation is 1. The van der Waals surface area contributed by atoms with Crippen LogP contribution in [0.4, 0.5) is 10.5 Å². The van der Waals surface area contributed by atoms with Crippen molar-refractivity contribution in [1.29, 1.82) is 0 Å². The van der Waals surface area contributed by atoms with Crippen molar-refractivity contribution >= 4 is 63.6 Å². The number of imide groups is 2. The van der Waals surface area contributed by atoms with Crippen LogP contribution in [0.1, 0.15) is 16.7 Å². The number of benzene rings is 4. The van der Waals surface area contributed by atoms with E-state index in [0.29, 0.717) is 28.0 Å². The first-order valence-electron chi connectivity index (χ1n) is 11.4. The highest BCUT2D eigenvalue weighted by molar-refractivity contribution is 6.39. The molecule has 0 radical (unpaired) electrons. The highest BCUT2D eigenvalue weighted by Crippen LogP contribution is 2.30. The Balaban J connectivity index is 1.39. The lowest BCUT2D eigenvalue weighted by molar-refractivity contribution is -0.122. The van der Waals surface area contributed by atoms with Crippen LogP contribution in [0.5, 0.6) is 5.75 Å². The van der Waals surface area contributed by atoms with Crippen LogP contribution < -0.4 is 15.0 Å². The minimum atomic E-state index is -0.833. The first-order valence-corrected chi connectivity index (χ1v) is 12.1. The molecule has 0 bridgehead atoms. The van der Waals surface area contributed by atoms with Crippen molar-refractivity contribution in [2.45, 2.75) is 13.5 Å². The van der Waals surface area contributed by atoms with Gasteiger partial charge in [-0.2, -0.15) is 0 Å². The number of nitrogens with zero attached hydrogens (tertiary/aromatic N) is 1. The van der Waals surface area contributed by atoms with E-state index in [4.69, 9.17) is 27.9 Å². The van der Waals surface area contributed by atoms with Crippen LogP contribution in [0.3, 0.4) is 0 Å². The fourth-order valence-electron chi connectivity index (χ4n) is 4.16. The summed E-state index contributed by atoms with van der Waals surface area (Å²) in [5.41, 5.74) is 2.76. The standard InChI is InChI=1S/C29H20Cl2N2O4/c1-17-6-8-19-4-2-3-5-22(19)24(17)16-37-26-13-7-18(15-25(26)31)14-23-27(34)32-29(36)33(28(23)35)21-11-9-20(30)10-12-21/h2-15H,16H2,1H3,(H,32,34,36)/b23-14+. The van der Waals surface area contributed by atoms with Crippen LogP contribution in [0, 0.1) is 6.92 Å². The number of hydrogen-bond donors (Lipinski definition) is 1. The number of urea groups is 1. The normalized spacial score (nSPS) is 14.8. The van der Waals surface area contributed by atoms with Gasteiger partial charge in [0.05, 0.1) is 10.7 Å². The molecule has 184 valence electrons. The second-order valence-electron chi connectivity index (χ2n) is 8.49. The summed E-state index contributed by atoms with van der Waals surface area (Å²) < 4.78 is 6.04. The molecule has 8 heteroatoms. The fourth-order valence-corrected chi connectivity index (χ4v) is 4.53. The Labute approximate surface area is 223 Å². The van der Waals surface area contributed by atoms with Crippen LogP contribution in [0.2, 0.25) is 10.0 Å². The number of carbonyl (C=O) groups excluding carboxylic acids is 3. The van der Waals surface area contributed by atoms with Crippen molar-refractivity contribution in [1.82, 2.24) is 5.32 Å². The molecule has 0 unspecified atom stereocenters. The number of barbiturate groups is 1. The van der Waals surface area contributed by atoms with Crippen molar-refractivity contribution in [2.24, 2.45) is 0 Å². The summed E-state index contributed by atoms with van der Waals surface area (Å²) in [6.45, 7) is 2.36. The van der Waals surface area contributed by atoms with Crippen LogP contribution in [-0.4, -0.2) is 17.8 Å². The molecule has 5 rings (SSSR count). The third-order valence-corrected chi connectivity index (χ3v) is 6.65. The monoisotopic (exact) mass is 530 g/mol. The Morgan fingerprint density at radius 3 is 2.43 bits per heavy atom. The number of amides is 4. The summed E-state index contributed by atoms with van der Waals surface area (Å²) in [7, 11) is 0. The molecule has 1 N–H and O–H groups in total. The van der Waals surface area contributed by atoms with Crippen molar-refractivity contribution in [3.05, 3.63) is 111 Å². The first-order chi connectivity index (χ1) is 17.8. The number of halogens is 2. The van der Waals surface area contributed by atoms with Crippen LogP contribution in [0.15, 0.2) is 84.4 Å². The predicted molar refractivity (Wildman–Crippen MR) is 145 cm³/mol. The van der Waals surface area contributed by atoms with E-state index in [-0.39, 0.29) is 11.3 Å². The minimum absolute atomic E-state index is 0.203. The maximum absolute atomic E-state index is 13.1. The molecule has 1 aliphatic rings. The molecule has 0 atom stereocenters. The number of hydrogen-bond acceptors (Lipinski definition) is 4. The molecule has 1 fully saturated rings. The summed E-state index contributed by atoms with van der Waals surface area (Å²) >= 11 is 12.4. The molecule has 0 aromatic heterocycles. The minimum Gasteiger partial charge on any atom is -0.487 e. The molecule has 4 aromatic rings. The molecule has 0 aliphatic carbocycles. The lowest BCUT2D eigenvalue weighted by Gasteiger charge is -2.26. The van der Waals surface area contributed by atoms with Gasteiger partial charge in [-0.3, -0.25) is 14.9 Å². The lowest BCUT2D eigenvalue weighted by Crippen LogP contribution is -2.54. The van der Waals surface area contributed by atoms with Crippen molar-refractivity contribution in [3.8, 4) is 5.75 Å². The third kappa shape index (κ3) is 4.94. The van der Waals surface area contributed by atoms with Gasteiger partial charge in [0.15, 0.2) is 0 Å². The number of ether oxygens (including phenoxy) is 1. The molecule has 6 nitrogen and oxygen atoms in total. The Hall–Kier alpha value is -4.13. The molecule has 0 spiro atoms. The van der Waals surface area contributed by atoms with E-state index in [1.165, 1.54) is 18.2 Å². The predicted octanol–water partition coefficient (Wildman–Crippen LogP) is 6.70. The molecule has 37 heavy (non-hydrogen) atoms. The van der Waals surface area contributed by atoms with E-state index in [1.807, 2.05) is 19.1 Å². The van der Waals surface area contributed by atoms with Gasteiger partial charge >= 0.3 is 6.03 Å². The summed E-state index contributed by atoms with van der Waals surface area (Å²) in [5, 5.41) is 5.21. The lowest BCUT2D eigenvalue weighted by atomic mass is 10.0. The highest BCUT2D eigenvalue weighted by atomic mass is 35.5. The summed E-state index contributed by atoms with van der Waals surface area (Å²) in [6, 6.07) is 22.5. The Morgan fingerprint density at radius 2 is 1.68 bits per heavy atom. The smallest absolute Gasteiger partial charge is 0.335 e. The van der Waals surface area contributed by atoms with Crippen molar-refractivity contribution in [2.75, 3.05) is 4.90 Å². The maximum Gasteiger partial charge on any atom is 0.335 e. The van der Waals surface area contributed by atoms with Crippen LogP contribution >= 0.6 is 23.2 Å². The maximum atomic E-state index is 13.1. The topological polar surface area (TPSA) is 75.7 Å². The fraction of sp³-hybridized carbons (Fsp3) is 0.0690. The molecule has 4 aromatic carbocycles. The second kappa shape index (κ2) is 10.1. The van der Waals surface area contributed by atoms with Crippen molar-refractivity contribution < 1.29 is 19.1 Å². The SMILES string of the molecule is Cc1ccc2ccccc2c1COc1ccc(/C=C2\C(=O)NC(=O)N(c3ccc(Cl)cc3)C2=O)cc1Cl. The van der Waals surface area contributed by atoms with Crippen LogP contribution in [0.25, 0.3) is 16.8 Å². The van der Waals surface area contributed by atoms with E-state index in [0.717, 1.165) is 26.8 Å². The van der Waals surface area contributed by atoms with E-state index < -0.39 is 17.8 Å². The zero-order valence-electron chi connectivity index (χ0n) is 19.6. The zero-order valence-corrected chi connectivity index (χ0v) is 21.1. The molecule has 1 heterocycles. The molecule has 1 saturated heterocycles. The zero-order chi connectivity index (χ0) is 26.1. The van der Waals surface area contributed by atoms with Gasteiger partial charge in [-0.25, -0.2) is 9.69 Å². The van der Waals surface area contributed by atoms with Gasteiger partial charge in [0, 0.05) is 10.6 Å². The van der Waals surface area contributed by atoms with Gasteiger partial charge in [-0.15, -0.1) is 0 Å². The highest BCUT2D eigenvalue weighted by Gasteiger charge is 2.36. The van der Waals surface area contributed by atoms with Crippen molar-refractivity contribution in [3.63, 3.8) is 0 Å². The van der Waals surface area contributed by atoms with E-state index in [9.17, 15) is 14.4 Å². The summed E-state index contributed by atoms with van der Waals surface area (Å²) in [4.78, 5) is 38.8. The average Bonchev–Trinajstić information content (AvgIpc) is 2.88. The molecular weight excluding hydrogens is 511 g/mol. The van der Waals surface area contributed by atoms with E-state index in [1.54, 1.807) is 30.3 Å². The van der Waals surface area contributed by atoms with E-state index in [2.05, 4.69) is 29.6 Å². The molecule has 1 aliphatic heterocycles. The Bertz CT molecular complexity index is 1600. The van der Waals surface area contributed by atoms with Gasteiger partial charge in [0.25, 0.3) is 11.8 Å². The quantitative estimate of drug-likeness (QED) is 0.230. The molecular formula is C29H20Cl2N2O4. The Kier molecular flexibility index (Phi) is 6.70. The number of fused-ring (bicyclic) bond motifs is 1. The molecule has 4 amide bonds. The third-order valence-electron chi connectivity index (χ3n) is 6.10. The number of carbonyl (C=O) groups is 3. The second-order valence-corrected chi connectivity index (χ2v) is 9.34. The van der Waals surface area contributed by atoms with Gasteiger partial charge in [-0.1, -0.05) is 65.7 Å². The van der Waals surface area contributed by atoms with Gasteiger partial charge in [-0.05, 0) is 71.3 Å². The van der Waals surface area contributed by atoms with E-state index >= 15 is 0 Å². The number of rotatable bonds is 5. The van der Waals surface area contributed by atoms with Gasteiger partial charge in [0.2, 0.25) is 0 Å². The average molecular weight is 531 g/mol.